The number of nitrogens with one attached hydrogen (secondary N) is 1. The minimum atomic E-state index is 0.142. The fourth-order valence-corrected chi connectivity index (χ4v) is 3.53. The second-order valence-electron chi connectivity index (χ2n) is 6.03. The van der Waals surface area contributed by atoms with Gasteiger partial charge >= 0.3 is 0 Å². The zero-order valence-corrected chi connectivity index (χ0v) is 15.5. The number of anilines is 1. The number of halogens is 1. The summed E-state index contributed by atoms with van der Waals surface area (Å²) in [6.45, 7) is 2.66. The van der Waals surface area contributed by atoms with Gasteiger partial charge in [-0.1, -0.05) is 40.2 Å². The van der Waals surface area contributed by atoms with E-state index in [9.17, 15) is 0 Å². The van der Waals surface area contributed by atoms with Gasteiger partial charge < -0.3 is 10.1 Å². The number of fused-ring (bicyclic) bond motifs is 1. The van der Waals surface area contributed by atoms with Crippen molar-refractivity contribution in [3.63, 3.8) is 0 Å². The van der Waals surface area contributed by atoms with E-state index in [1.807, 2.05) is 23.7 Å². The topological polar surface area (TPSA) is 52.0 Å². The summed E-state index contributed by atoms with van der Waals surface area (Å²) in [5.41, 5.74) is 2.45. The normalized spacial score (nSPS) is 19.1. The molecule has 0 aliphatic carbocycles. The van der Waals surface area contributed by atoms with E-state index in [0.29, 0.717) is 6.61 Å². The van der Waals surface area contributed by atoms with Crippen molar-refractivity contribution in [1.82, 2.24) is 14.8 Å². The fourth-order valence-electron chi connectivity index (χ4n) is 3.26. The van der Waals surface area contributed by atoms with E-state index in [-0.39, 0.29) is 12.1 Å². The lowest BCUT2D eigenvalue weighted by Crippen LogP contribution is -2.28. The van der Waals surface area contributed by atoms with Crippen molar-refractivity contribution in [2.75, 3.05) is 11.9 Å². The van der Waals surface area contributed by atoms with Crippen LogP contribution < -0.4 is 10.1 Å². The second kappa shape index (κ2) is 6.88. The van der Waals surface area contributed by atoms with Gasteiger partial charge in [-0.15, -0.1) is 0 Å². The zero-order valence-electron chi connectivity index (χ0n) is 13.9. The lowest BCUT2D eigenvalue weighted by molar-refractivity contribution is 0.340. The lowest BCUT2D eigenvalue weighted by atomic mass is 9.93. The molecule has 25 heavy (non-hydrogen) atoms. The highest BCUT2D eigenvalue weighted by atomic mass is 79.9. The molecule has 0 spiro atoms. The second-order valence-corrected chi connectivity index (χ2v) is 6.95. The maximum Gasteiger partial charge on any atom is 0.222 e. The van der Waals surface area contributed by atoms with Crippen molar-refractivity contribution in [2.24, 2.45) is 0 Å². The van der Waals surface area contributed by atoms with Crippen LogP contribution in [0.25, 0.3) is 0 Å². The summed E-state index contributed by atoms with van der Waals surface area (Å²) in [6.07, 6.45) is 2.51. The summed E-state index contributed by atoms with van der Waals surface area (Å²) in [4.78, 5) is 4.38. The summed E-state index contributed by atoms with van der Waals surface area (Å²) < 4.78 is 8.60. The molecule has 0 saturated carbocycles. The Morgan fingerprint density at radius 3 is 2.56 bits per heavy atom. The van der Waals surface area contributed by atoms with Crippen LogP contribution in [0.15, 0.2) is 59.3 Å². The van der Waals surface area contributed by atoms with Gasteiger partial charge in [-0.05, 0) is 48.7 Å². The van der Waals surface area contributed by atoms with Gasteiger partial charge in [0.25, 0.3) is 0 Å². The van der Waals surface area contributed by atoms with Gasteiger partial charge in [-0.3, -0.25) is 0 Å². The third kappa shape index (κ3) is 3.26. The zero-order chi connectivity index (χ0) is 17.2. The molecule has 128 valence electrons. The quantitative estimate of drug-likeness (QED) is 0.698. The predicted octanol–water partition coefficient (Wildman–Crippen LogP) is 4.59. The van der Waals surface area contributed by atoms with Crippen LogP contribution >= 0.6 is 15.9 Å². The maximum atomic E-state index is 5.55. The Hall–Kier alpha value is -2.34. The minimum Gasteiger partial charge on any atom is -0.494 e. The summed E-state index contributed by atoms with van der Waals surface area (Å²) >= 11 is 3.50. The monoisotopic (exact) mass is 398 g/mol. The number of rotatable bonds is 4. The SMILES string of the molecule is CCOc1ccc([C@@H]2C[C@@H](c3ccc(Br)cc3)Nc3ncnn32)cc1. The number of ether oxygens (including phenoxy) is 1. The average Bonchev–Trinajstić information content (AvgIpc) is 3.11. The summed E-state index contributed by atoms with van der Waals surface area (Å²) in [5.74, 6) is 1.70. The minimum absolute atomic E-state index is 0.142. The molecule has 4 rings (SSSR count). The van der Waals surface area contributed by atoms with Crippen LogP contribution in [0.2, 0.25) is 0 Å². The van der Waals surface area contributed by atoms with E-state index in [1.54, 1.807) is 6.33 Å². The van der Waals surface area contributed by atoms with Crippen LogP contribution in [0.1, 0.15) is 36.6 Å². The molecule has 5 nitrogen and oxygen atoms in total. The Kier molecular flexibility index (Phi) is 4.44. The molecule has 0 radical (unpaired) electrons. The first-order valence-electron chi connectivity index (χ1n) is 8.39. The van der Waals surface area contributed by atoms with E-state index < -0.39 is 0 Å². The Morgan fingerprint density at radius 2 is 1.84 bits per heavy atom. The van der Waals surface area contributed by atoms with E-state index in [2.05, 4.69) is 67.7 Å². The third-order valence-electron chi connectivity index (χ3n) is 4.48. The molecule has 1 aromatic heterocycles. The van der Waals surface area contributed by atoms with E-state index in [1.165, 1.54) is 11.1 Å². The van der Waals surface area contributed by atoms with E-state index in [0.717, 1.165) is 22.6 Å². The molecule has 0 saturated heterocycles. The highest BCUT2D eigenvalue weighted by Gasteiger charge is 2.29. The van der Waals surface area contributed by atoms with Crippen molar-refractivity contribution in [1.29, 1.82) is 0 Å². The average molecular weight is 399 g/mol. The summed E-state index contributed by atoms with van der Waals surface area (Å²) in [7, 11) is 0. The third-order valence-corrected chi connectivity index (χ3v) is 5.01. The van der Waals surface area contributed by atoms with Crippen LogP contribution in [0.4, 0.5) is 5.95 Å². The smallest absolute Gasteiger partial charge is 0.222 e. The fraction of sp³-hybridized carbons (Fsp3) is 0.263. The van der Waals surface area contributed by atoms with Crippen molar-refractivity contribution < 1.29 is 4.74 Å². The molecule has 0 fully saturated rings. The van der Waals surface area contributed by atoms with Crippen LogP contribution in [0, 0.1) is 0 Å². The molecule has 0 unspecified atom stereocenters. The Bertz CT molecular complexity index is 845. The number of nitrogens with zero attached hydrogens (tertiary/aromatic N) is 3. The van der Waals surface area contributed by atoms with Gasteiger partial charge in [0.05, 0.1) is 18.7 Å². The Morgan fingerprint density at radius 1 is 1.12 bits per heavy atom. The number of hydrogen-bond acceptors (Lipinski definition) is 4. The Balaban J connectivity index is 1.65. The highest BCUT2D eigenvalue weighted by Crippen LogP contribution is 2.37. The molecule has 6 heteroatoms. The molecule has 3 aromatic rings. The van der Waals surface area contributed by atoms with Crippen LogP contribution in [0.5, 0.6) is 5.75 Å². The predicted molar refractivity (Wildman–Crippen MR) is 101 cm³/mol. The first-order chi connectivity index (χ1) is 12.2. The molecule has 1 aliphatic rings. The van der Waals surface area contributed by atoms with Crippen molar-refractivity contribution in [3.8, 4) is 5.75 Å². The van der Waals surface area contributed by atoms with Crippen molar-refractivity contribution in [2.45, 2.75) is 25.4 Å². The largest absolute Gasteiger partial charge is 0.494 e. The number of hydrogen-bond donors (Lipinski definition) is 1. The van der Waals surface area contributed by atoms with Gasteiger partial charge in [-0.2, -0.15) is 10.1 Å². The molecule has 2 heterocycles. The van der Waals surface area contributed by atoms with Gasteiger partial charge in [0, 0.05) is 4.47 Å². The first-order valence-corrected chi connectivity index (χ1v) is 9.18. The van der Waals surface area contributed by atoms with Gasteiger partial charge in [0.1, 0.15) is 12.1 Å². The van der Waals surface area contributed by atoms with Gasteiger partial charge in [0.2, 0.25) is 5.95 Å². The molecule has 2 aromatic carbocycles. The number of aromatic nitrogens is 3. The van der Waals surface area contributed by atoms with Crippen LogP contribution in [0.3, 0.4) is 0 Å². The molecule has 0 bridgehead atoms. The van der Waals surface area contributed by atoms with E-state index in [4.69, 9.17) is 4.74 Å². The standard InChI is InChI=1S/C19H19BrN4O/c1-2-25-16-9-5-14(6-10-16)18-11-17(13-3-7-15(20)8-4-13)23-19-21-12-22-24(18)19/h3-10,12,17-18H,2,11H2,1H3,(H,21,22,23)/t17-,18-/m0/s1. The number of benzene rings is 2. The molecule has 0 amide bonds. The van der Waals surface area contributed by atoms with Crippen LogP contribution in [-0.4, -0.2) is 21.4 Å². The summed E-state index contributed by atoms with van der Waals surface area (Å²) in [5, 5.41) is 7.91. The molecular weight excluding hydrogens is 380 g/mol. The van der Waals surface area contributed by atoms with Gasteiger partial charge in [-0.25, -0.2) is 4.68 Å². The molecular formula is C19H19BrN4O. The first kappa shape index (κ1) is 16.1. The summed E-state index contributed by atoms with van der Waals surface area (Å²) in [6, 6.07) is 17.0. The highest BCUT2D eigenvalue weighted by molar-refractivity contribution is 9.10. The van der Waals surface area contributed by atoms with Gasteiger partial charge in [0.15, 0.2) is 0 Å². The Labute approximate surface area is 155 Å². The van der Waals surface area contributed by atoms with Crippen molar-refractivity contribution in [3.05, 3.63) is 70.5 Å². The van der Waals surface area contributed by atoms with E-state index >= 15 is 0 Å². The lowest BCUT2D eigenvalue weighted by Gasteiger charge is -2.32. The maximum absolute atomic E-state index is 5.55. The van der Waals surface area contributed by atoms with Crippen LogP contribution in [-0.2, 0) is 0 Å². The van der Waals surface area contributed by atoms with Crippen molar-refractivity contribution >= 4 is 21.9 Å². The molecule has 1 N–H and O–H groups in total. The molecule has 1 aliphatic heterocycles. The molecule has 2 atom stereocenters.